The Bertz CT molecular complexity index is 474. The highest BCUT2D eigenvalue weighted by atomic mass is 16.3. The summed E-state index contributed by atoms with van der Waals surface area (Å²) in [5.41, 5.74) is 1.60. The van der Waals surface area contributed by atoms with Crippen LogP contribution in [0.5, 0.6) is 0 Å². The summed E-state index contributed by atoms with van der Waals surface area (Å²) in [7, 11) is 0. The van der Waals surface area contributed by atoms with Gasteiger partial charge in [-0.3, -0.25) is 0 Å². The zero-order valence-electron chi connectivity index (χ0n) is 10.0. The number of pyridine rings is 1. The molecule has 0 spiro atoms. The molecule has 1 fully saturated rings. The first-order chi connectivity index (χ1) is 8.04. The molecular formula is C12H16N4O. The van der Waals surface area contributed by atoms with E-state index < -0.39 is 5.60 Å². The van der Waals surface area contributed by atoms with E-state index in [0.29, 0.717) is 31.0 Å². The van der Waals surface area contributed by atoms with Crippen LogP contribution in [0.15, 0.2) is 6.07 Å². The highest BCUT2D eigenvalue weighted by Gasteiger charge is 2.34. The van der Waals surface area contributed by atoms with Crippen LogP contribution in [0.3, 0.4) is 0 Å². The molecule has 2 heterocycles. The largest absolute Gasteiger partial charge is 0.385 e. The fraction of sp³-hybridized carbons (Fsp3) is 0.500. The van der Waals surface area contributed by atoms with E-state index in [1.54, 1.807) is 0 Å². The number of nitriles is 1. The maximum absolute atomic E-state index is 9.94. The van der Waals surface area contributed by atoms with Crippen molar-refractivity contribution in [3.63, 3.8) is 0 Å². The number of anilines is 1. The number of hydrogen-bond acceptors (Lipinski definition) is 5. The summed E-state index contributed by atoms with van der Waals surface area (Å²) in [5.74, 6) is 0.560. The van der Waals surface area contributed by atoms with Crippen molar-refractivity contribution in [2.75, 3.05) is 25.0 Å². The van der Waals surface area contributed by atoms with E-state index in [2.05, 4.69) is 21.7 Å². The standard InChI is InChI=1S/C12H16N4O/c1-8-3-9(2)16-11(10(8)4-13)15-7-12(17)5-14-6-12/h3,14,17H,5-7H2,1-2H3,(H,15,16). The van der Waals surface area contributed by atoms with Gasteiger partial charge in [-0.2, -0.15) is 5.26 Å². The SMILES string of the molecule is Cc1cc(C)c(C#N)c(NCC2(O)CNC2)n1. The predicted octanol–water partition coefficient (Wildman–Crippen LogP) is 0.316. The summed E-state index contributed by atoms with van der Waals surface area (Å²) in [6, 6.07) is 4.02. The van der Waals surface area contributed by atoms with Crippen molar-refractivity contribution in [1.29, 1.82) is 5.26 Å². The normalized spacial score (nSPS) is 17.1. The first-order valence-corrected chi connectivity index (χ1v) is 5.59. The zero-order valence-corrected chi connectivity index (χ0v) is 10.0. The molecule has 0 aliphatic carbocycles. The molecule has 3 N–H and O–H groups in total. The quantitative estimate of drug-likeness (QED) is 0.699. The second-order valence-electron chi connectivity index (χ2n) is 4.60. The van der Waals surface area contributed by atoms with Crippen LogP contribution in [-0.2, 0) is 0 Å². The molecule has 5 heteroatoms. The Balaban J connectivity index is 2.17. The minimum absolute atomic E-state index is 0.407. The molecule has 0 atom stereocenters. The molecule has 1 aliphatic rings. The zero-order chi connectivity index (χ0) is 12.5. The third-order valence-corrected chi connectivity index (χ3v) is 2.95. The van der Waals surface area contributed by atoms with Crippen molar-refractivity contribution in [2.45, 2.75) is 19.4 Å². The number of aromatic nitrogens is 1. The summed E-state index contributed by atoms with van der Waals surface area (Å²) >= 11 is 0. The highest BCUT2D eigenvalue weighted by molar-refractivity contribution is 5.56. The minimum Gasteiger partial charge on any atom is -0.385 e. The van der Waals surface area contributed by atoms with E-state index in [4.69, 9.17) is 5.26 Å². The van der Waals surface area contributed by atoms with E-state index in [1.165, 1.54) is 0 Å². The fourth-order valence-electron chi connectivity index (χ4n) is 1.89. The van der Waals surface area contributed by atoms with Gasteiger partial charge in [0.1, 0.15) is 17.5 Å². The van der Waals surface area contributed by atoms with Gasteiger partial charge in [-0.15, -0.1) is 0 Å². The number of nitrogens with zero attached hydrogens (tertiary/aromatic N) is 2. The smallest absolute Gasteiger partial charge is 0.144 e. The lowest BCUT2D eigenvalue weighted by atomic mass is 9.97. The van der Waals surface area contributed by atoms with Gasteiger partial charge in [0.05, 0.1) is 5.56 Å². The van der Waals surface area contributed by atoms with Crippen molar-refractivity contribution in [3.05, 3.63) is 22.9 Å². The molecule has 0 saturated carbocycles. The molecule has 0 amide bonds. The molecule has 0 unspecified atom stereocenters. The van der Waals surface area contributed by atoms with Gasteiger partial charge in [0.2, 0.25) is 0 Å². The third kappa shape index (κ3) is 2.38. The molecule has 5 nitrogen and oxygen atoms in total. The number of nitrogens with one attached hydrogen (secondary N) is 2. The van der Waals surface area contributed by atoms with Crippen molar-refractivity contribution in [1.82, 2.24) is 10.3 Å². The van der Waals surface area contributed by atoms with Crippen LogP contribution in [0.25, 0.3) is 0 Å². The van der Waals surface area contributed by atoms with Gasteiger partial charge in [0.15, 0.2) is 0 Å². The Labute approximate surface area is 100 Å². The lowest BCUT2D eigenvalue weighted by molar-refractivity contribution is 0.00305. The lowest BCUT2D eigenvalue weighted by Crippen LogP contribution is -2.63. The van der Waals surface area contributed by atoms with Crippen molar-refractivity contribution in [3.8, 4) is 6.07 Å². The molecule has 1 aliphatic heterocycles. The van der Waals surface area contributed by atoms with Crippen LogP contribution >= 0.6 is 0 Å². The summed E-state index contributed by atoms with van der Waals surface area (Å²) in [5, 5.41) is 25.1. The first kappa shape index (κ1) is 11.8. The number of hydrogen-bond donors (Lipinski definition) is 3. The van der Waals surface area contributed by atoms with Crippen LogP contribution in [0.1, 0.15) is 16.8 Å². The van der Waals surface area contributed by atoms with E-state index in [-0.39, 0.29) is 0 Å². The highest BCUT2D eigenvalue weighted by Crippen LogP contribution is 2.19. The molecule has 90 valence electrons. The topological polar surface area (TPSA) is 81.0 Å². The van der Waals surface area contributed by atoms with Gasteiger partial charge in [0.25, 0.3) is 0 Å². The number of aryl methyl sites for hydroxylation is 2. The average molecular weight is 232 g/mol. The Morgan fingerprint density at radius 3 is 2.82 bits per heavy atom. The maximum Gasteiger partial charge on any atom is 0.144 e. The molecule has 1 aromatic rings. The molecular weight excluding hydrogens is 216 g/mol. The van der Waals surface area contributed by atoms with Crippen LogP contribution in [0.2, 0.25) is 0 Å². The van der Waals surface area contributed by atoms with E-state index >= 15 is 0 Å². The monoisotopic (exact) mass is 232 g/mol. The lowest BCUT2D eigenvalue weighted by Gasteiger charge is -2.37. The van der Waals surface area contributed by atoms with Crippen LogP contribution in [0.4, 0.5) is 5.82 Å². The summed E-state index contributed by atoms with van der Waals surface area (Å²) < 4.78 is 0. The molecule has 17 heavy (non-hydrogen) atoms. The summed E-state index contributed by atoms with van der Waals surface area (Å²) in [6.45, 7) is 5.33. The minimum atomic E-state index is -0.716. The second kappa shape index (κ2) is 4.32. The van der Waals surface area contributed by atoms with E-state index in [0.717, 1.165) is 11.3 Å². The molecule has 2 rings (SSSR count). The predicted molar refractivity (Wildman–Crippen MR) is 64.7 cm³/mol. The van der Waals surface area contributed by atoms with E-state index in [9.17, 15) is 5.11 Å². The Kier molecular flexibility index (Phi) is 3.01. The number of aliphatic hydroxyl groups is 1. The Hall–Kier alpha value is -1.64. The molecule has 0 aromatic carbocycles. The molecule has 1 saturated heterocycles. The van der Waals surface area contributed by atoms with Gasteiger partial charge in [-0.25, -0.2) is 4.98 Å². The van der Waals surface area contributed by atoms with Gasteiger partial charge >= 0.3 is 0 Å². The van der Waals surface area contributed by atoms with Crippen LogP contribution in [0, 0.1) is 25.2 Å². The average Bonchev–Trinajstić information content (AvgIpc) is 2.23. The summed E-state index contributed by atoms with van der Waals surface area (Å²) in [6.07, 6.45) is 0. The van der Waals surface area contributed by atoms with Gasteiger partial charge in [-0.1, -0.05) is 0 Å². The van der Waals surface area contributed by atoms with Crippen LogP contribution in [-0.4, -0.2) is 35.3 Å². The van der Waals surface area contributed by atoms with Crippen molar-refractivity contribution < 1.29 is 5.11 Å². The number of β-amino-alcohol motifs (C(OH)–C–C–N with tert-alkyl or cyclic N) is 1. The summed E-state index contributed by atoms with van der Waals surface area (Å²) in [4.78, 5) is 4.30. The van der Waals surface area contributed by atoms with Gasteiger partial charge < -0.3 is 15.7 Å². The second-order valence-corrected chi connectivity index (χ2v) is 4.60. The van der Waals surface area contributed by atoms with Crippen molar-refractivity contribution in [2.24, 2.45) is 0 Å². The van der Waals surface area contributed by atoms with Gasteiger partial charge in [0, 0.05) is 25.3 Å². The molecule has 0 radical (unpaired) electrons. The Morgan fingerprint density at radius 2 is 2.29 bits per heavy atom. The fourth-order valence-corrected chi connectivity index (χ4v) is 1.89. The first-order valence-electron chi connectivity index (χ1n) is 5.59. The van der Waals surface area contributed by atoms with Crippen LogP contribution < -0.4 is 10.6 Å². The molecule has 1 aromatic heterocycles. The Morgan fingerprint density at radius 1 is 1.59 bits per heavy atom. The molecule has 0 bridgehead atoms. The van der Waals surface area contributed by atoms with Gasteiger partial charge in [-0.05, 0) is 25.5 Å². The third-order valence-electron chi connectivity index (χ3n) is 2.95. The number of rotatable bonds is 3. The maximum atomic E-state index is 9.94. The van der Waals surface area contributed by atoms with E-state index in [1.807, 2.05) is 19.9 Å². The van der Waals surface area contributed by atoms with Crippen molar-refractivity contribution >= 4 is 5.82 Å².